The monoisotopic (exact) mass is 212 g/mol. The highest BCUT2D eigenvalue weighted by Gasteiger charge is 2.14. The molecule has 0 unspecified atom stereocenters. The van der Waals surface area contributed by atoms with Crippen molar-refractivity contribution < 1.29 is 5.11 Å². The molecule has 0 heterocycles. The van der Waals surface area contributed by atoms with Crippen LogP contribution in [0.5, 0.6) is 0 Å². The topological polar surface area (TPSA) is 20.2 Å². The maximum Gasteiger partial charge on any atom is 0.105 e. The van der Waals surface area contributed by atoms with Gasteiger partial charge in [0.25, 0.3) is 0 Å². The molecule has 0 aliphatic carbocycles. The van der Waals surface area contributed by atoms with Gasteiger partial charge in [0.2, 0.25) is 0 Å². The molecule has 1 nitrogen and oxygen atoms in total. The van der Waals surface area contributed by atoms with Crippen molar-refractivity contribution in [1.29, 1.82) is 0 Å². The molecule has 2 rings (SSSR count). The molecule has 0 aliphatic heterocycles. The van der Waals surface area contributed by atoms with E-state index in [1.165, 1.54) is 0 Å². The van der Waals surface area contributed by atoms with E-state index in [2.05, 4.69) is 0 Å². The third-order valence-corrected chi connectivity index (χ3v) is 2.93. The molecular weight excluding hydrogens is 196 g/mol. The van der Waals surface area contributed by atoms with Crippen LogP contribution in [-0.4, -0.2) is 5.11 Å². The summed E-state index contributed by atoms with van der Waals surface area (Å²) in [5.74, 6) is 0. The first-order valence-electron chi connectivity index (χ1n) is 5.49. The quantitative estimate of drug-likeness (QED) is 0.809. The van der Waals surface area contributed by atoms with Crippen LogP contribution in [0.2, 0.25) is 0 Å². The normalized spacial score (nSPS) is 12.4. The summed E-state index contributed by atoms with van der Waals surface area (Å²) in [6, 6.07) is 15.9. The summed E-state index contributed by atoms with van der Waals surface area (Å²) in [5.41, 5.74) is 4.24. The van der Waals surface area contributed by atoms with E-state index in [4.69, 9.17) is 0 Å². The maximum absolute atomic E-state index is 10.4. The zero-order chi connectivity index (χ0) is 11.5. The summed E-state index contributed by atoms with van der Waals surface area (Å²) >= 11 is 0. The first-order chi connectivity index (χ1) is 7.70. The lowest BCUT2D eigenvalue weighted by molar-refractivity contribution is 0.219. The molecule has 2 aromatic carbocycles. The lowest BCUT2D eigenvalue weighted by Gasteiger charge is -2.16. The second kappa shape index (κ2) is 4.50. The number of aryl methyl sites for hydroxylation is 2. The van der Waals surface area contributed by atoms with Crippen LogP contribution in [-0.2, 0) is 0 Å². The van der Waals surface area contributed by atoms with Gasteiger partial charge in [0.1, 0.15) is 6.10 Å². The fourth-order valence-electron chi connectivity index (χ4n) is 2.06. The highest BCUT2D eigenvalue weighted by Crippen LogP contribution is 2.27. The molecule has 1 atom stereocenters. The van der Waals surface area contributed by atoms with Crippen molar-refractivity contribution in [2.45, 2.75) is 20.0 Å². The number of aliphatic hydroxyl groups is 1. The van der Waals surface area contributed by atoms with Gasteiger partial charge in [-0.2, -0.15) is 0 Å². The van der Waals surface area contributed by atoms with Crippen LogP contribution < -0.4 is 0 Å². The second-order valence-corrected chi connectivity index (χ2v) is 4.12. The molecule has 1 N–H and O–H groups in total. The molecule has 0 radical (unpaired) electrons. The highest BCUT2D eigenvalue weighted by atomic mass is 16.3. The highest BCUT2D eigenvalue weighted by molar-refractivity contribution is 5.40. The predicted octanol–water partition coefficient (Wildman–Crippen LogP) is 3.39. The van der Waals surface area contributed by atoms with Gasteiger partial charge in [0.05, 0.1) is 0 Å². The van der Waals surface area contributed by atoms with Crippen LogP contribution in [0.4, 0.5) is 0 Å². The summed E-state index contributed by atoms with van der Waals surface area (Å²) in [7, 11) is 0. The van der Waals surface area contributed by atoms with E-state index >= 15 is 0 Å². The number of rotatable bonds is 2. The zero-order valence-electron chi connectivity index (χ0n) is 9.64. The Morgan fingerprint density at radius 2 is 1.38 bits per heavy atom. The molecular formula is C15H16O. The van der Waals surface area contributed by atoms with Gasteiger partial charge < -0.3 is 5.11 Å². The van der Waals surface area contributed by atoms with Gasteiger partial charge in [0, 0.05) is 0 Å². The largest absolute Gasteiger partial charge is 0.384 e. The van der Waals surface area contributed by atoms with E-state index in [1.54, 1.807) is 0 Å². The first kappa shape index (κ1) is 10.9. The van der Waals surface area contributed by atoms with E-state index in [0.717, 1.165) is 22.3 Å². The van der Waals surface area contributed by atoms with Gasteiger partial charge in [-0.15, -0.1) is 0 Å². The lowest BCUT2D eigenvalue weighted by atomic mass is 9.94. The van der Waals surface area contributed by atoms with Crippen LogP contribution in [0.15, 0.2) is 48.5 Å². The number of hydrogen-bond acceptors (Lipinski definition) is 1. The van der Waals surface area contributed by atoms with Crippen LogP contribution in [0.3, 0.4) is 0 Å². The van der Waals surface area contributed by atoms with Crippen LogP contribution in [0.25, 0.3) is 0 Å². The molecule has 0 bridgehead atoms. The van der Waals surface area contributed by atoms with Gasteiger partial charge in [0.15, 0.2) is 0 Å². The van der Waals surface area contributed by atoms with Crippen molar-refractivity contribution in [2.75, 3.05) is 0 Å². The van der Waals surface area contributed by atoms with Gasteiger partial charge in [-0.05, 0) is 36.1 Å². The molecule has 82 valence electrons. The Morgan fingerprint density at radius 1 is 0.812 bits per heavy atom. The van der Waals surface area contributed by atoms with E-state index in [-0.39, 0.29) is 0 Å². The average molecular weight is 212 g/mol. The molecule has 0 spiro atoms. The number of hydrogen-bond donors (Lipinski definition) is 1. The van der Waals surface area contributed by atoms with Gasteiger partial charge in [-0.1, -0.05) is 48.5 Å². The Hall–Kier alpha value is -1.60. The number of aliphatic hydroxyl groups excluding tert-OH is 1. The minimum atomic E-state index is -0.526. The van der Waals surface area contributed by atoms with Crippen molar-refractivity contribution >= 4 is 0 Å². The molecule has 16 heavy (non-hydrogen) atoms. The molecule has 0 saturated carbocycles. The smallest absolute Gasteiger partial charge is 0.105 e. The molecule has 0 fully saturated rings. The number of benzene rings is 2. The standard InChI is InChI=1S/C15H16O/c1-11-7-6-8-12(2)14(11)15(16)13-9-4-3-5-10-13/h3-10,15-16H,1-2H3/t15-/m1/s1. The Kier molecular flexibility index (Phi) is 3.07. The van der Waals surface area contributed by atoms with Crippen molar-refractivity contribution in [3.63, 3.8) is 0 Å². The summed E-state index contributed by atoms with van der Waals surface area (Å²) in [4.78, 5) is 0. The Morgan fingerprint density at radius 3 is 1.94 bits per heavy atom. The van der Waals surface area contributed by atoms with Gasteiger partial charge in [-0.3, -0.25) is 0 Å². The second-order valence-electron chi connectivity index (χ2n) is 4.12. The van der Waals surface area contributed by atoms with E-state index in [9.17, 15) is 5.11 Å². The third-order valence-electron chi connectivity index (χ3n) is 2.93. The van der Waals surface area contributed by atoms with Crippen molar-refractivity contribution in [3.8, 4) is 0 Å². The Bertz CT molecular complexity index is 454. The molecule has 1 heteroatoms. The molecule has 2 aromatic rings. The van der Waals surface area contributed by atoms with Crippen molar-refractivity contribution in [2.24, 2.45) is 0 Å². The Labute approximate surface area is 96.4 Å². The van der Waals surface area contributed by atoms with Crippen LogP contribution in [0, 0.1) is 13.8 Å². The summed E-state index contributed by atoms with van der Waals surface area (Å²) in [6.45, 7) is 4.07. The van der Waals surface area contributed by atoms with E-state index in [0.29, 0.717) is 0 Å². The van der Waals surface area contributed by atoms with Crippen LogP contribution >= 0.6 is 0 Å². The first-order valence-corrected chi connectivity index (χ1v) is 5.49. The van der Waals surface area contributed by atoms with Gasteiger partial charge >= 0.3 is 0 Å². The molecule has 0 saturated heterocycles. The van der Waals surface area contributed by atoms with E-state index in [1.807, 2.05) is 62.4 Å². The minimum absolute atomic E-state index is 0.526. The predicted molar refractivity (Wildman–Crippen MR) is 66.4 cm³/mol. The summed E-state index contributed by atoms with van der Waals surface area (Å²) in [6.07, 6.45) is -0.526. The lowest BCUT2D eigenvalue weighted by Crippen LogP contribution is -2.04. The molecule has 0 amide bonds. The SMILES string of the molecule is Cc1cccc(C)c1[C@H](O)c1ccccc1. The van der Waals surface area contributed by atoms with Crippen molar-refractivity contribution in [3.05, 3.63) is 70.8 Å². The molecule has 0 aromatic heterocycles. The zero-order valence-corrected chi connectivity index (χ0v) is 9.64. The minimum Gasteiger partial charge on any atom is -0.384 e. The fourth-order valence-corrected chi connectivity index (χ4v) is 2.06. The fraction of sp³-hybridized carbons (Fsp3) is 0.200. The summed E-state index contributed by atoms with van der Waals surface area (Å²) in [5, 5.41) is 10.4. The third kappa shape index (κ3) is 2.00. The van der Waals surface area contributed by atoms with Crippen LogP contribution in [0.1, 0.15) is 28.4 Å². The average Bonchev–Trinajstić information content (AvgIpc) is 2.30. The van der Waals surface area contributed by atoms with Crippen molar-refractivity contribution in [1.82, 2.24) is 0 Å². The van der Waals surface area contributed by atoms with Gasteiger partial charge in [-0.25, -0.2) is 0 Å². The molecule has 0 aliphatic rings. The summed E-state index contributed by atoms with van der Waals surface area (Å²) < 4.78 is 0. The Balaban J connectivity index is 2.46. The maximum atomic E-state index is 10.4. The van der Waals surface area contributed by atoms with E-state index < -0.39 is 6.10 Å².